The zero-order valence-electron chi connectivity index (χ0n) is 11.9. The Morgan fingerprint density at radius 3 is 3.27 bits per heavy atom. The summed E-state index contributed by atoms with van der Waals surface area (Å²) in [6.45, 7) is 0.866. The molecule has 3 heterocycles. The lowest BCUT2D eigenvalue weighted by atomic mass is 10.1. The van der Waals surface area contributed by atoms with Crippen LogP contribution in [0.25, 0.3) is 0 Å². The van der Waals surface area contributed by atoms with Crippen LogP contribution in [0.5, 0.6) is 5.75 Å². The van der Waals surface area contributed by atoms with E-state index in [1.807, 2.05) is 28.9 Å². The molecule has 7 heteroatoms. The minimum atomic E-state index is -0.460. The van der Waals surface area contributed by atoms with Crippen molar-refractivity contribution in [1.29, 1.82) is 0 Å². The number of amides is 1. The van der Waals surface area contributed by atoms with Crippen molar-refractivity contribution in [1.82, 2.24) is 20.1 Å². The topological polar surface area (TPSA) is 69.0 Å². The first-order chi connectivity index (χ1) is 10.8. The van der Waals surface area contributed by atoms with E-state index in [1.165, 1.54) is 0 Å². The Bertz CT molecular complexity index is 702. The monoisotopic (exact) mass is 316 g/mol. The molecule has 0 bridgehead atoms. The molecular formula is C15H16N4O2S. The first kappa shape index (κ1) is 13.6. The quantitative estimate of drug-likeness (QED) is 0.914. The van der Waals surface area contributed by atoms with Crippen LogP contribution in [0, 0.1) is 0 Å². The molecule has 0 spiro atoms. The van der Waals surface area contributed by atoms with Gasteiger partial charge in [0.1, 0.15) is 17.9 Å². The number of nitrogens with zero attached hydrogens (tertiary/aromatic N) is 3. The molecule has 0 unspecified atom stereocenters. The Morgan fingerprint density at radius 1 is 1.41 bits per heavy atom. The van der Waals surface area contributed by atoms with Gasteiger partial charge in [0.25, 0.3) is 5.91 Å². The van der Waals surface area contributed by atoms with E-state index >= 15 is 0 Å². The van der Waals surface area contributed by atoms with Crippen molar-refractivity contribution in [3.63, 3.8) is 0 Å². The minimum absolute atomic E-state index is 0.0745. The summed E-state index contributed by atoms with van der Waals surface area (Å²) >= 11 is 1.66. The van der Waals surface area contributed by atoms with Crippen molar-refractivity contribution in [2.45, 2.75) is 36.4 Å². The first-order valence-electron chi connectivity index (χ1n) is 7.38. The summed E-state index contributed by atoms with van der Waals surface area (Å²) in [5.41, 5.74) is 0. The Hall–Kier alpha value is -2.02. The smallest absolute Gasteiger partial charge is 0.262 e. The molecule has 1 aromatic heterocycles. The predicted molar refractivity (Wildman–Crippen MR) is 81.7 cm³/mol. The van der Waals surface area contributed by atoms with Gasteiger partial charge in [0.15, 0.2) is 6.10 Å². The van der Waals surface area contributed by atoms with Crippen molar-refractivity contribution in [3.05, 3.63) is 36.4 Å². The molecule has 0 saturated heterocycles. The molecule has 22 heavy (non-hydrogen) atoms. The van der Waals surface area contributed by atoms with E-state index in [9.17, 15) is 4.79 Å². The zero-order chi connectivity index (χ0) is 14.9. The van der Waals surface area contributed by atoms with Crippen LogP contribution < -0.4 is 10.1 Å². The molecule has 1 N–H and O–H groups in total. The summed E-state index contributed by atoms with van der Waals surface area (Å²) in [6, 6.07) is 7.74. The molecular weight excluding hydrogens is 300 g/mol. The molecule has 0 fully saturated rings. The van der Waals surface area contributed by atoms with E-state index in [-0.39, 0.29) is 11.9 Å². The maximum absolute atomic E-state index is 12.5. The van der Waals surface area contributed by atoms with Gasteiger partial charge in [-0.3, -0.25) is 4.79 Å². The van der Waals surface area contributed by atoms with Crippen LogP contribution in [-0.4, -0.2) is 32.5 Å². The molecule has 0 radical (unpaired) electrons. The highest BCUT2D eigenvalue weighted by Gasteiger charge is 2.30. The largest absolute Gasteiger partial charge is 0.479 e. The normalized spacial score (nSPS) is 23.1. The molecule has 4 rings (SSSR count). The number of thioether (sulfide) groups is 1. The summed E-state index contributed by atoms with van der Waals surface area (Å²) < 4.78 is 7.69. The third-order valence-electron chi connectivity index (χ3n) is 3.94. The highest BCUT2D eigenvalue weighted by atomic mass is 32.2. The van der Waals surface area contributed by atoms with Gasteiger partial charge in [0.05, 0.1) is 6.04 Å². The van der Waals surface area contributed by atoms with Crippen molar-refractivity contribution >= 4 is 17.7 Å². The first-order valence-corrected chi connectivity index (χ1v) is 8.36. The van der Waals surface area contributed by atoms with Crippen molar-refractivity contribution < 1.29 is 9.53 Å². The third-order valence-corrected chi connectivity index (χ3v) is 5.06. The number of carbonyl (C=O) groups is 1. The van der Waals surface area contributed by atoms with Gasteiger partial charge in [-0.05, 0) is 25.0 Å². The summed E-state index contributed by atoms with van der Waals surface area (Å²) in [4.78, 5) is 17.9. The molecule has 6 nitrogen and oxygen atoms in total. The van der Waals surface area contributed by atoms with Gasteiger partial charge in [-0.15, -0.1) is 11.8 Å². The molecule has 0 saturated carbocycles. The number of hydrogen-bond donors (Lipinski definition) is 1. The van der Waals surface area contributed by atoms with Crippen LogP contribution in [0.15, 0.2) is 35.5 Å². The van der Waals surface area contributed by atoms with Gasteiger partial charge >= 0.3 is 0 Å². The number of aromatic nitrogens is 3. The number of benzene rings is 1. The van der Waals surface area contributed by atoms with E-state index in [0.717, 1.165) is 35.9 Å². The molecule has 1 aromatic carbocycles. The highest BCUT2D eigenvalue weighted by molar-refractivity contribution is 7.99. The van der Waals surface area contributed by atoms with Gasteiger partial charge in [-0.25, -0.2) is 9.67 Å². The zero-order valence-corrected chi connectivity index (χ0v) is 12.8. The Labute approximate surface area is 132 Å². The average molecular weight is 316 g/mol. The van der Waals surface area contributed by atoms with Crippen LogP contribution >= 0.6 is 11.8 Å². The van der Waals surface area contributed by atoms with E-state index in [4.69, 9.17) is 4.74 Å². The minimum Gasteiger partial charge on any atom is -0.479 e. The van der Waals surface area contributed by atoms with E-state index in [0.29, 0.717) is 5.75 Å². The van der Waals surface area contributed by atoms with Crippen molar-refractivity contribution in [3.8, 4) is 5.75 Å². The number of para-hydroxylation sites is 1. The summed E-state index contributed by atoms with van der Waals surface area (Å²) in [5, 5.41) is 7.24. The van der Waals surface area contributed by atoms with E-state index < -0.39 is 6.10 Å². The van der Waals surface area contributed by atoms with Crippen LogP contribution in [0.2, 0.25) is 0 Å². The summed E-state index contributed by atoms with van der Waals surface area (Å²) in [7, 11) is 0. The molecule has 2 aliphatic rings. The molecule has 114 valence electrons. The van der Waals surface area contributed by atoms with Crippen LogP contribution in [0.4, 0.5) is 0 Å². The van der Waals surface area contributed by atoms with Crippen molar-refractivity contribution in [2.24, 2.45) is 0 Å². The lowest BCUT2D eigenvalue weighted by Gasteiger charge is -2.28. The molecule has 0 aliphatic carbocycles. The van der Waals surface area contributed by atoms with Crippen LogP contribution in [0.3, 0.4) is 0 Å². The average Bonchev–Trinajstić information content (AvgIpc) is 3.04. The Morgan fingerprint density at radius 2 is 2.32 bits per heavy atom. The molecule has 2 aliphatic heterocycles. The fourth-order valence-corrected chi connectivity index (χ4v) is 3.82. The molecule has 2 aromatic rings. The summed E-state index contributed by atoms with van der Waals surface area (Å²) in [5.74, 6) is 2.17. The Kier molecular flexibility index (Phi) is 3.49. The van der Waals surface area contributed by atoms with Gasteiger partial charge in [-0.1, -0.05) is 12.1 Å². The molecule has 1 amide bonds. The Balaban J connectivity index is 1.46. The lowest BCUT2D eigenvalue weighted by Crippen LogP contribution is -2.44. The second-order valence-corrected chi connectivity index (χ2v) is 6.47. The van der Waals surface area contributed by atoms with Gasteiger partial charge in [-0.2, -0.15) is 5.10 Å². The predicted octanol–water partition coefficient (Wildman–Crippen LogP) is 1.78. The van der Waals surface area contributed by atoms with Crippen molar-refractivity contribution in [2.75, 3.05) is 5.75 Å². The standard InChI is InChI=1S/C15H16N4O2S/c20-15(12-8-22-13-6-2-1-5-11(13)21-12)18-10-4-3-7-19-14(10)16-9-17-19/h1-2,5-6,9-10,12H,3-4,7-8H2,(H,18,20)/t10-,12-/m0/s1. The molecule has 2 atom stereocenters. The number of ether oxygens (including phenoxy) is 1. The number of fused-ring (bicyclic) bond motifs is 2. The SMILES string of the molecule is O=C(N[C@H]1CCCn2ncnc21)[C@@H]1CSc2ccccc2O1. The second-order valence-electron chi connectivity index (χ2n) is 5.41. The van der Waals surface area contributed by atoms with Crippen LogP contribution in [-0.2, 0) is 11.3 Å². The maximum atomic E-state index is 12.5. The highest BCUT2D eigenvalue weighted by Crippen LogP contribution is 2.35. The number of aryl methyl sites for hydroxylation is 1. The number of nitrogens with one attached hydrogen (secondary N) is 1. The lowest BCUT2D eigenvalue weighted by molar-refractivity contribution is -0.128. The van der Waals surface area contributed by atoms with Gasteiger partial charge in [0.2, 0.25) is 0 Å². The maximum Gasteiger partial charge on any atom is 0.262 e. The van der Waals surface area contributed by atoms with Gasteiger partial charge < -0.3 is 10.1 Å². The van der Waals surface area contributed by atoms with Gasteiger partial charge in [0, 0.05) is 17.2 Å². The fraction of sp³-hybridized carbons (Fsp3) is 0.400. The van der Waals surface area contributed by atoms with E-state index in [1.54, 1.807) is 18.1 Å². The third kappa shape index (κ3) is 2.45. The number of carbonyl (C=O) groups excluding carboxylic acids is 1. The number of hydrogen-bond acceptors (Lipinski definition) is 5. The van der Waals surface area contributed by atoms with E-state index in [2.05, 4.69) is 15.4 Å². The fourth-order valence-electron chi connectivity index (χ4n) is 2.84. The summed E-state index contributed by atoms with van der Waals surface area (Å²) in [6.07, 6.45) is 2.96. The second kappa shape index (κ2) is 5.64. The number of rotatable bonds is 2. The van der Waals surface area contributed by atoms with Crippen LogP contribution in [0.1, 0.15) is 24.7 Å².